The molecule has 5 nitrogen and oxygen atoms in total. The van der Waals surface area contributed by atoms with Gasteiger partial charge in [-0.05, 0) is 54.4 Å². The van der Waals surface area contributed by atoms with E-state index in [9.17, 15) is 14.0 Å². The van der Waals surface area contributed by atoms with Crippen molar-refractivity contribution < 1.29 is 14.0 Å². The van der Waals surface area contributed by atoms with Crippen LogP contribution in [-0.4, -0.2) is 24.1 Å². The van der Waals surface area contributed by atoms with E-state index < -0.39 is 0 Å². The Bertz CT molecular complexity index is 1190. The Balaban J connectivity index is 1.59. The number of para-hydroxylation sites is 2. The number of aliphatic imine (C=N–C) groups is 1. The molecular formula is C24H19ClFN3O2. The molecule has 0 bridgehead atoms. The molecule has 0 aromatic heterocycles. The van der Waals surface area contributed by atoms with E-state index in [1.807, 2.05) is 19.1 Å². The third kappa shape index (κ3) is 4.64. The van der Waals surface area contributed by atoms with Crippen molar-refractivity contribution in [3.63, 3.8) is 0 Å². The Morgan fingerprint density at radius 3 is 2.61 bits per heavy atom. The summed E-state index contributed by atoms with van der Waals surface area (Å²) in [5, 5.41) is 3.33. The van der Waals surface area contributed by atoms with Crippen LogP contribution in [0, 0.1) is 12.7 Å². The zero-order valence-electron chi connectivity index (χ0n) is 16.7. The maximum Gasteiger partial charge on any atom is 0.244 e. The van der Waals surface area contributed by atoms with Crippen LogP contribution in [0.1, 0.15) is 17.5 Å². The lowest BCUT2D eigenvalue weighted by Gasteiger charge is -2.22. The molecule has 1 heterocycles. The van der Waals surface area contributed by atoms with Gasteiger partial charge in [-0.1, -0.05) is 41.9 Å². The van der Waals surface area contributed by atoms with Crippen LogP contribution in [0.4, 0.5) is 21.5 Å². The molecule has 0 aliphatic carbocycles. The Kier molecular flexibility index (Phi) is 5.82. The van der Waals surface area contributed by atoms with E-state index in [1.54, 1.807) is 42.5 Å². The molecule has 7 heteroatoms. The van der Waals surface area contributed by atoms with Crippen LogP contribution >= 0.6 is 11.6 Å². The topological polar surface area (TPSA) is 61.8 Å². The number of fused-ring (bicyclic) bond motifs is 1. The first kappa shape index (κ1) is 20.8. The number of hydrogen-bond acceptors (Lipinski definition) is 3. The van der Waals surface area contributed by atoms with Gasteiger partial charge in [0.1, 0.15) is 12.4 Å². The van der Waals surface area contributed by atoms with Gasteiger partial charge < -0.3 is 10.2 Å². The molecule has 2 amide bonds. The van der Waals surface area contributed by atoms with Crippen molar-refractivity contribution in [1.82, 2.24) is 0 Å². The first-order valence-electron chi connectivity index (χ1n) is 9.69. The lowest BCUT2D eigenvalue weighted by atomic mass is 10.1. The average Bonchev–Trinajstić information content (AvgIpc) is 2.88. The minimum absolute atomic E-state index is 0.00997. The molecule has 0 radical (unpaired) electrons. The van der Waals surface area contributed by atoms with E-state index in [2.05, 4.69) is 10.3 Å². The molecule has 0 atom stereocenters. The second kappa shape index (κ2) is 8.70. The van der Waals surface area contributed by atoms with E-state index >= 15 is 0 Å². The highest BCUT2D eigenvalue weighted by Gasteiger charge is 2.26. The third-order valence-corrected chi connectivity index (χ3v) is 5.39. The minimum atomic E-state index is -0.362. The number of nitrogens with zero attached hydrogens (tertiary/aromatic N) is 2. The van der Waals surface area contributed by atoms with Gasteiger partial charge in [-0.15, -0.1) is 0 Å². The number of anilines is 2. The van der Waals surface area contributed by atoms with Crippen molar-refractivity contribution in [2.24, 2.45) is 4.99 Å². The van der Waals surface area contributed by atoms with Crippen LogP contribution in [0.3, 0.4) is 0 Å². The number of halogens is 2. The van der Waals surface area contributed by atoms with Crippen LogP contribution in [0.5, 0.6) is 0 Å². The number of nitrogens with one attached hydrogen (secondary N) is 1. The van der Waals surface area contributed by atoms with Crippen molar-refractivity contribution in [2.45, 2.75) is 13.3 Å². The molecule has 0 fully saturated rings. The summed E-state index contributed by atoms with van der Waals surface area (Å²) in [5.74, 6) is -0.988. The number of aryl methyl sites for hydroxylation is 1. The number of rotatable bonds is 4. The average molecular weight is 436 g/mol. The monoisotopic (exact) mass is 435 g/mol. The van der Waals surface area contributed by atoms with Gasteiger partial charge in [0.25, 0.3) is 0 Å². The van der Waals surface area contributed by atoms with Crippen LogP contribution in [0.25, 0.3) is 0 Å². The van der Waals surface area contributed by atoms with Gasteiger partial charge in [-0.3, -0.25) is 14.6 Å². The summed E-state index contributed by atoms with van der Waals surface area (Å²) in [6.07, 6.45) is -0.00997. The Morgan fingerprint density at radius 2 is 1.87 bits per heavy atom. The lowest BCUT2D eigenvalue weighted by molar-refractivity contribution is -0.120. The quantitative estimate of drug-likeness (QED) is 0.605. The second-order valence-electron chi connectivity index (χ2n) is 7.22. The summed E-state index contributed by atoms with van der Waals surface area (Å²) >= 11 is 6.13. The van der Waals surface area contributed by atoms with Crippen molar-refractivity contribution in [2.75, 3.05) is 16.8 Å². The van der Waals surface area contributed by atoms with Gasteiger partial charge in [-0.2, -0.15) is 0 Å². The summed E-state index contributed by atoms with van der Waals surface area (Å²) in [7, 11) is 0. The van der Waals surface area contributed by atoms with Crippen molar-refractivity contribution in [3.8, 4) is 0 Å². The molecule has 31 heavy (non-hydrogen) atoms. The SMILES string of the molecule is Cc1ccc(NC(=O)CN2C(=O)CC(c3ccc(F)cc3)=Nc3ccccc32)cc1Cl. The molecule has 1 aliphatic heterocycles. The molecule has 0 spiro atoms. The molecule has 3 aromatic rings. The van der Waals surface area contributed by atoms with Gasteiger partial charge >= 0.3 is 0 Å². The molecule has 0 saturated heterocycles. The first-order chi connectivity index (χ1) is 14.9. The summed E-state index contributed by atoms with van der Waals surface area (Å²) in [6, 6.07) is 18.2. The van der Waals surface area contributed by atoms with Crippen LogP contribution in [-0.2, 0) is 9.59 Å². The number of carbonyl (C=O) groups is 2. The fourth-order valence-electron chi connectivity index (χ4n) is 3.34. The van der Waals surface area contributed by atoms with Crippen molar-refractivity contribution in [1.29, 1.82) is 0 Å². The molecule has 156 valence electrons. The number of hydrogen-bond donors (Lipinski definition) is 1. The zero-order valence-corrected chi connectivity index (χ0v) is 17.5. The van der Waals surface area contributed by atoms with Crippen LogP contribution in [0.2, 0.25) is 5.02 Å². The van der Waals surface area contributed by atoms with Gasteiger partial charge in [0.05, 0.1) is 23.5 Å². The van der Waals surface area contributed by atoms with Gasteiger partial charge in [0, 0.05) is 10.7 Å². The van der Waals surface area contributed by atoms with E-state index in [0.29, 0.717) is 33.4 Å². The van der Waals surface area contributed by atoms with Gasteiger partial charge in [0.15, 0.2) is 0 Å². The molecule has 1 aliphatic rings. The van der Waals surface area contributed by atoms with E-state index in [-0.39, 0.29) is 30.6 Å². The normalized spacial score (nSPS) is 13.3. The molecule has 0 unspecified atom stereocenters. The Morgan fingerprint density at radius 1 is 1.13 bits per heavy atom. The fraction of sp³-hybridized carbons (Fsp3) is 0.125. The highest BCUT2D eigenvalue weighted by molar-refractivity contribution is 6.31. The Hall–Kier alpha value is -3.51. The fourth-order valence-corrected chi connectivity index (χ4v) is 3.52. The van der Waals surface area contributed by atoms with Gasteiger partial charge in [0.2, 0.25) is 11.8 Å². The standard InChI is InChI=1S/C24H19ClFN3O2/c1-15-6-11-18(12-19(15)25)27-23(30)14-29-22-5-3-2-4-20(22)28-21(13-24(29)31)16-7-9-17(26)10-8-16/h2-12H,13-14H2,1H3,(H,27,30). The lowest BCUT2D eigenvalue weighted by Crippen LogP contribution is -2.38. The summed E-state index contributed by atoms with van der Waals surface area (Å²) in [6.45, 7) is 1.70. The molecule has 4 rings (SSSR count). The number of benzene rings is 3. The van der Waals surface area contributed by atoms with E-state index in [4.69, 9.17) is 11.6 Å². The summed E-state index contributed by atoms with van der Waals surface area (Å²) < 4.78 is 13.3. The molecular weight excluding hydrogens is 417 g/mol. The smallest absolute Gasteiger partial charge is 0.244 e. The maximum absolute atomic E-state index is 13.3. The van der Waals surface area contributed by atoms with Gasteiger partial charge in [-0.25, -0.2) is 4.39 Å². The number of carbonyl (C=O) groups excluding carboxylic acids is 2. The molecule has 0 saturated carbocycles. The number of amides is 2. The predicted octanol–water partition coefficient (Wildman–Crippen LogP) is 5.28. The summed E-state index contributed by atoms with van der Waals surface area (Å²) in [4.78, 5) is 31.8. The largest absolute Gasteiger partial charge is 0.324 e. The highest BCUT2D eigenvalue weighted by Crippen LogP contribution is 2.33. The van der Waals surface area contributed by atoms with Crippen LogP contribution in [0.15, 0.2) is 71.7 Å². The second-order valence-corrected chi connectivity index (χ2v) is 7.63. The minimum Gasteiger partial charge on any atom is -0.324 e. The molecule has 1 N–H and O–H groups in total. The highest BCUT2D eigenvalue weighted by atomic mass is 35.5. The third-order valence-electron chi connectivity index (χ3n) is 4.98. The van der Waals surface area contributed by atoms with E-state index in [1.165, 1.54) is 17.0 Å². The van der Waals surface area contributed by atoms with Crippen LogP contribution < -0.4 is 10.2 Å². The molecule has 3 aromatic carbocycles. The summed E-state index contributed by atoms with van der Waals surface area (Å²) in [5.41, 5.74) is 3.75. The predicted molar refractivity (Wildman–Crippen MR) is 121 cm³/mol. The van der Waals surface area contributed by atoms with Crippen molar-refractivity contribution >= 4 is 46.2 Å². The zero-order chi connectivity index (χ0) is 22.0. The van der Waals surface area contributed by atoms with E-state index in [0.717, 1.165) is 5.56 Å². The van der Waals surface area contributed by atoms with Crippen molar-refractivity contribution in [3.05, 3.63) is 88.7 Å². The Labute approximate surface area is 184 Å². The maximum atomic E-state index is 13.3. The first-order valence-corrected chi connectivity index (χ1v) is 10.1.